The number of halogens is 2. The summed E-state index contributed by atoms with van der Waals surface area (Å²) in [6, 6.07) is 11.9. The van der Waals surface area contributed by atoms with Gasteiger partial charge in [-0.15, -0.1) is 0 Å². The predicted octanol–water partition coefficient (Wildman–Crippen LogP) is 5.43. The van der Waals surface area contributed by atoms with E-state index < -0.39 is 0 Å². The zero-order valence-electron chi connectivity index (χ0n) is 11.3. The van der Waals surface area contributed by atoms with E-state index >= 15 is 0 Å². The molecule has 4 heteroatoms. The molecule has 0 aliphatic carbocycles. The molecule has 3 rings (SSSR count). The molecule has 0 atom stereocenters. The molecule has 2 aromatic heterocycles. The summed E-state index contributed by atoms with van der Waals surface area (Å²) in [5.74, 6) is 0.315. The largest absolute Gasteiger partial charge is 0.300 e. The summed E-state index contributed by atoms with van der Waals surface area (Å²) >= 11 is 12.4. The number of aromatic nitrogens is 2. The Kier molecular flexibility index (Phi) is 3.45. The van der Waals surface area contributed by atoms with Crippen molar-refractivity contribution in [1.82, 2.24) is 9.38 Å². The third-order valence-corrected chi connectivity index (χ3v) is 3.76. The van der Waals surface area contributed by atoms with Gasteiger partial charge in [-0.3, -0.25) is 0 Å². The highest BCUT2D eigenvalue weighted by atomic mass is 35.5. The summed E-state index contributed by atoms with van der Waals surface area (Å²) < 4.78 is 2.00. The van der Waals surface area contributed by atoms with Gasteiger partial charge in [0.05, 0.1) is 21.4 Å². The van der Waals surface area contributed by atoms with Crippen LogP contribution in [0.15, 0.2) is 42.6 Å². The topological polar surface area (TPSA) is 17.3 Å². The molecule has 0 radical (unpaired) electrons. The molecule has 0 saturated heterocycles. The first-order valence-electron chi connectivity index (χ1n) is 6.50. The molecule has 2 nitrogen and oxygen atoms in total. The zero-order chi connectivity index (χ0) is 14.3. The lowest BCUT2D eigenvalue weighted by Crippen LogP contribution is -1.97. The molecule has 3 aromatic rings. The maximum Gasteiger partial charge on any atom is 0.156 e. The Hall–Kier alpha value is -1.51. The van der Waals surface area contributed by atoms with E-state index in [4.69, 9.17) is 28.2 Å². The van der Waals surface area contributed by atoms with Gasteiger partial charge in [0.15, 0.2) is 5.65 Å². The van der Waals surface area contributed by atoms with Gasteiger partial charge in [-0.05, 0) is 12.0 Å². The Morgan fingerprint density at radius 3 is 2.45 bits per heavy atom. The van der Waals surface area contributed by atoms with Crippen LogP contribution in [0.4, 0.5) is 0 Å². The van der Waals surface area contributed by atoms with E-state index in [9.17, 15) is 0 Å². The van der Waals surface area contributed by atoms with Crippen LogP contribution in [0.5, 0.6) is 0 Å². The molecule has 2 heterocycles. The number of benzene rings is 1. The fourth-order valence-electron chi connectivity index (χ4n) is 2.45. The van der Waals surface area contributed by atoms with Crippen LogP contribution in [0, 0.1) is 0 Å². The van der Waals surface area contributed by atoms with Gasteiger partial charge in [0.1, 0.15) is 0 Å². The van der Waals surface area contributed by atoms with Crippen molar-refractivity contribution in [3.63, 3.8) is 0 Å². The number of hydrogen-bond acceptors (Lipinski definition) is 1. The molecule has 0 N–H and O–H groups in total. The molecule has 102 valence electrons. The van der Waals surface area contributed by atoms with Crippen molar-refractivity contribution >= 4 is 28.8 Å². The third kappa shape index (κ3) is 2.19. The monoisotopic (exact) mass is 304 g/mol. The molecule has 0 aliphatic rings. The predicted molar refractivity (Wildman–Crippen MR) is 84.7 cm³/mol. The molecule has 0 amide bonds. The maximum atomic E-state index is 6.27. The Bertz CT molecular complexity index is 761. The molecule has 0 aliphatic heterocycles. The highest BCUT2D eigenvalue weighted by molar-refractivity contribution is 6.36. The molecular weight excluding hydrogens is 291 g/mol. The van der Waals surface area contributed by atoms with Crippen LogP contribution >= 0.6 is 23.2 Å². The molecule has 0 bridgehead atoms. The van der Waals surface area contributed by atoms with E-state index in [2.05, 4.69) is 26.0 Å². The normalized spacial score (nSPS) is 11.4. The molecule has 0 spiro atoms. The summed E-state index contributed by atoms with van der Waals surface area (Å²) in [5, 5.41) is 1.18. The summed E-state index contributed by atoms with van der Waals surface area (Å²) in [4.78, 5) is 4.72. The minimum atomic E-state index is 0.315. The minimum absolute atomic E-state index is 0.315. The Morgan fingerprint density at radius 1 is 1.10 bits per heavy atom. The second kappa shape index (κ2) is 5.12. The quantitative estimate of drug-likeness (QED) is 0.617. The molecule has 20 heavy (non-hydrogen) atoms. The number of pyridine rings is 1. The second-order valence-corrected chi connectivity index (χ2v) is 5.91. The van der Waals surface area contributed by atoms with Crippen LogP contribution in [0.1, 0.15) is 25.5 Å². The van der Waals surface area contributed by atoms with E-state index in [0.29, 0.717) is 16.0 Å². The van der Waals surface area contributed by atoms with E-state index in [1.165, 1.54) is 0 Å². The number of imidazole rings is 1. The van der Waals surface area contributed by atoms with Crippen LogP contribution < -0.4 is 0 Å². The van der Waals surface area contributed by atoms with Crippen LogP contribution in [0.2, 0.25) is 10.0 Å². The first kappa shape index (κ1) is 13.5. The average Bonchev–Trinajstić information content (AvgIpc) is 2.79. The standard InChI is InChI=1S/C16H14Cl2N2/c1-10(2)15-14(11-6-4-3-5-7-11)19-16-13(18)8-12(17)9-20(15)16/h3-10H,1-2H3. The van der Waals surface area contributed by atoms with Crippen molar-refractivity contribution in [3.05, 3.63) is 58.3 Å². The second-order valence-electron chi connectivity index (χ2n) is 5.07. The average molecular weight is 305 g/mol. The summed E-state index contributed by atoms with van der Waals surface area (Å²) in [5.41, 5.74) is 3.92. The van der Waals surface area contributed by atoms with Gasteiger partial charge in [-0.2, -0.15) is 0 Å². The molecule has 0 saturated carbocycles. The highest BCUT2D eigenvalue weighted by Gasteiger charge is 2.18. The number of rotatable bonds is 2. The van der Waals surface area contributed by atoms with Crippen molar-refractivity contribution in [3.8, 4) is 11.3 Å². The molecular formula is C16H14Cl2N2. The van der Waals surface area contributed by atoms with E-state index in [1.54, 1.807) is 6.07 Å². The fourth-order valence-corrected chi connectivity index (χ4v) is 2.96. The van der Waals surface area contributed by atoms with Gasteiger partial charge >= 0.3 is 0 Å². The number of fused-ring (bicyclic) bond motifs is 1. The summed E-state index contributed by atoms with van der Waals surface area (Å²) in [6.45, 7) is 4.29. The SMILES string of the molecule is CC(C)c1c(-c2ccccc2)nc2c(Cl)cc(Cl)cn12. The minimum Gasteiger partial charge on any atom is -0.300 e. The van der Waals surface area contributed by atoms with Crippen LogP contribution in [-0.4, -0.2) is 9.38 Å². The lowest BCUT2D eigenvalue weighted by Gasteiger charge is -2.09. The smallest absolute Gasteiger partial charge is 0.156 e. The fraction of sp³-hybridized carbons (Fsp3) is 0.188. The first-order valence-corrected chi connectivity index (χ1v) is 7.26. The van der Waals surface area contributed by atoms with Crippen molar-refractivity contribution in [2.45, 2.75) is 19.8 Å². The Labute approximate surface area is 128 Å². The molecule has 0 fully saturated rings. The Morgan fingerprint density at radius 2 is 1.80 bits per heavy atom. The molecule has 0 unspecified atom stereocenters. The van der Waals surface area contributed by atoms with Gasteiger partial charge in [0.25, 0.3) is 0 Å². The first-order chi connectivity index (χ1) is 9.58. The van der Waals surface area contributed by atoms with E-state index in [-0.39, 0.29) is 0 Å². The molecule has 1 aromatic carbocycles. The third-order valence-electron chi connectivity index (χ3n) is 3.27. The van der Waals surface area contributed by atoms with Crippen molar-refractivity contribution in [1.29, 1.82) is 0 Å². The van der Waals surface area contributed by atoms with Gasteiger partial charge in [0.2, 0.25) is 0 Å². The van der Waals surface area contributed by atoms with Crippen molar-refractivity contribution in [2.24, 2.45) is 0 Å². The van der Waals surface area contributed by atoms with Crippen LogP contribution in [0.25, 0.3) is 16.9 Å². The van der Waals surface area contributed by atoms with E-state index in [1.807, 2.05) is 28.8 Å². The number of nitrogens with zero attached hydrogens (tertiary/aromatic N) is 2. The lowest BCUT2D eigenvalue weighted by atomic mass is 10.0. The Balaban J connectivity index is 2.38. The van der Waals surface area contributed by atoms with Crippen molar-refractivity contribution in [2.75, 3.05) is 0 Å². The van der Waals surface area contributed by atoms with Crippen LogP contribution in [-0.2, 0) is 0 Å². The van der Waals surface area contributed by atoms with Gasteiger partial charge in [-0.25, -0.2) is 4.98 Å². The lowest BCUT2D eigenvalue weighted by molar-refractivity contribution is 0.811. The van der Waals surface area contributed by atoms with Gasteiger partial charge < -0.3 is 4.40 Å². The van der Waals surface area contributed by atoms with Gasteiger partial charge in [0, 0.05) is 11.8 Å². The van der Waals surface area contributed by atoms with Gasteiger partial charge in [-0.1, -0.05) is 67.4 Å². The summed E-state index contributed by atoms with van der Waals surface area (Å²) in [7, 11) is 0. The van der Waals surface area contributed by atoms with Crippen molar-refractivity contribution < 1.29 is 0 Å². The zero-order valence-corrected chi connectivity index (χ0v) is 12.8. The maximum absolute atomic E-state index is 6.27. The van der Waals surface area contributed by atoms with Crippen LogP contribution in [0.3, 0.4) is 0 Å². The number of hydrogen-bond donors (Lipinski definition) is 0. The summed E-state index contributed by atoms with van der Waals surface area (Å²) in [6.07, 6.45) is 1.87. The highest BCUT2D eigenvalue weighted by Crippen LogP contribution is 2.33. The van der Waals surface area contributed by atoms with E-state index in [0.717, 1.165) is 22.6 Å².